The smallest absolute Gasteiger partial charge is 0.353 e. The summed E-state index contributed by atoms with van der Waals surface area (Å²) in [5.74, 6) is 1.00. The van der Waals surface area contributed by atoms with E-state index in [1.165, 1.54) is 16.8 Å². The largest absolute Gasteiger partial charge is 0.463 e. The maximum atomic E-state index is 5.20. The van der Waals surface area contributed by atoms with Crippen molar-refractivity contribution in [3.63, 3.8) is 0 Å². The number of hydrogen-bond donors (Lipinski definition) is 0. The van der Waals surface area contributed by atoms with Crippen molar-refractivity contribution in [2.75, 3.05) is 7.11 Å². The van der Waals surface area contributed by atoms with Gasteiger partial charge in [-0.3, -0.25) is 0 Å². The summed E-state index contributed by atoms with van der Waals surface area (Å²) in [6.45, 7) is 10.5. The minimum absolute atomic E-state index is 0.382. The van der Waals surface area contributed by atoms with E-state index in [2.05, 4.69) is 30.3 Å². The van der Waals surface area contributed by atoms with Crippen LogP contribution in [0.25, 0.3) is 16.7 Å². The molecule has 4 nitrogen and oxygen atoms in total. The number of pyridine rings is 1. The number of allylic oxidation sites excluding steroid dienone is 2. The summed E-state index contributed by atoms with van der Waals surface area (Å²) < 4.78 is 7.33. The van der Waals surface area contributed by atoms with Gasteiger partial charge in [0, 0.05) is 12.0 Å². The highest BCUT2D eigenvalue weighted by Gasteiger charge is 2.31. The molecule has 0 saturated carbocycles. The van der Waals surface area contributed by atoms with Crippen LogP contribution in [-0.4, -0.2) is 17.1 Å². The first kappa shape index (κ1) is 15.4. The molecule has 1 aliphatic rings. The van der Waals surface area contributed by atoms with E-state index in [-0.39, 0.29) is 0 Å². The maximum absolute atomic E-state index is 5.20. The van der Waals surface area contributed by atoms with Gasteiger partial charge in [-0.05, 0) is 30.5 Å². The van der Waals surface area contributed by atoms with Crippen molar-refractivity contribution in [3.05, 3.63) is 29.1 Å². The predicted molar refractivity (Wildman–Crippen MR) is 85.3 cm³/mol. The summed E-state index contributed by atoms with van der Waals surface area (Å²) in [4.78, 5) is 9.30. The molecule has 1 atom stereocenters. The molecule has 1 unspecified atom stereocenters. The van der Waals surface area contributed by atoms with Gasteiger partial charge in [0.1, 0.15) is 0 Å². The summed E-state index contributed by atoms with van der Waals surface area (Å²) in [6, 6.07) is 3.83. The lowest BCUT2D eigenvalue weighted by atomic mass is 10.0. The Kier molecular flexibility index (Phi) is 4.26. The van der Waals surface area contributed by atoms with E-state index in [1.807, 2.05) is 33.0 Å². The second-order valence-corrected chi connectivity index (χ2v) is 5.13. The standard InChI is InChI=1S/C15H18N3O.C2H6/c1-8-9(2)13-14(10(8)3)18(4)15-11(16-13)6-7-12(17-15)19-5;1-2/h6-7,9H,1-5H3;1-2H3/q+1;. The van der Waals surface area contributed by atoms with Crippen molar-refractivity contribution in [2.45, 2.75) is 40.5 Å². The average Bonchev–Trinajstić information content (AvgIpc) is 2.74. The molecule has 112 valence electrons. The summed E-state index contributed by atoms with van der Waals surface area (Å²) in [6.07, 6.45) is 0. The molecule has 0 radical (unpaired) electrons. The highest BCUT2D eigenvalue weighted by atomic mass is 16.5. The molecule has 2 aromatic rings. The molecule has 0 bridgehead atoms. The van der Waals surface area contributed by atoms with Crippen LogP contribution in [0.5, 0.6) is 5.88 Å². The molecule has 0 aliphatic heterocycles. The van der Waals surface area contributed by atoms with Crippen LogP contribution in [0.1, 0.15) is 51.9 Å². The Hall–Kier alpha value is -1.97. The van der Waals surface area contributed by atoms with Crippen LogP contribution in [-0.2, 0) is 7.05 Å². The number of methoxy groups -OCH3 is 1. The van der Waals surface area contributed by atoms with Gasteiger partial charge in [0.2, 0.25) is 0 Å². The van der Waals surface area contributed by atoms with Gasteiger partial charge < -0.3 is 4.74 Å². The van der Waals surface area contributed by atoms with Crippen molar-refractivity contribution in [3.8, 4) is 5.88 Å². The zero-order chi connectivity index (χ0) is 15.7. The highest BCUT2D eigenvalue weighted by Crippen LogP contribution is 2.38. The van der Waals surface area contributed by atoms with Crippen molar-refractivity contribution in [2.24, 2.45) is 7.05 Å². The van der Waals surface area contributed by atoms with E-state index in [9.17, 15) is 0 Å². The summed E-state index contributed by atoms with van der Waals surface area (Å²) in [5.41, 5.74) is 6.82. The zero-order valence-corrected chi connectivity index (χ0v) is 14.0. The Bertz CT molecular complexity index is 720. The molecule has 0 saturated heterocycles. The Balaban J connectivity index is 0.000000774. The molecule has 21 heavy (non-hydrogen) atoms. The molecule has 0 amide bonds. The third-order valence-electron chi connectivity index (χ3n) is 4.18. The molecule has 1 aliphatic carbocycles. The fraction of sp³-hybridized carbons (Fsp3) is 0.471. The topological polar surface area (TPSA) is 38.9 Å². The quantitative estimate of drug-likeness (QED) is 0.754. The molecule has 3 rings (SSSR count). The second kappa shape index (κ2) is 5.80. The van der Waals surface area contributed by atoms with Crippen LogP contribution in [0.4, 0.5) is 0 Å². The lowest BCUT2D eigenvalue weighted by Crippen LogP contribution is -2.36. The first-order chi connectivity index (χ1) is 10.0. The first-order valence-corrected chi connectivity index (χ1v) is 7.47. The molecule has 0 N–H and O–H groups in total. The zero-order valence-electron chi connectivity index (χ0n) is 14.0. The third kappa shape index (κ3) is 2.28. The molecule has 0 fully saturated rings. The number of hydrogen-bond acceptors (Lipinski definition) is 3. The van der Waals surface area contributed by atoms with Gasteiger partial charge in [0.15, 0.2) is 11.2 Å². The highest BCUT2D eigenvalue weighted by molar-refractivity contribution is 5.75. The van der Waals surface area contributed by atoms with Crippen LogP contribution in [0.3, 0.4) is 0 Å². The van der Waals surface area contributed by atoms with Gasteiger partial charge in [-0.2, -0.15) is 0 Å². The van der Waals surface area contributed by atoms with Crippen LogP contribution < -0.4 is 9.30 Å². The molecule has 0 spiro atoms. The summed E-state index contributed by atoms with van der Waals surface area (Å²) in [5, 5.41) is 0. The summed E-state index contributed by atoms with van der Waals surface area (Å²) >= 11 is 0. The minimum atomic E-state index is 0.382. The molecule has 2 aromatic heterocycles. The Morgan fingerprint density at radius 1 is 1.14 bits per heavy atom. The molecular weight excluding hydrogens is 262 g/mol. The normalized spacial score (nSPS) is 16.6. The van der Waals surface area contributed by atoms with E-state index in [0.29, 0.717) is 11.8 Å². The molecule has 4 heteroatoms. The van der Waals surface area contributed by atoms with Crippen LogP contribution in [0.2, 0.25) is 0 Å². The molecule has 0 aromatic carbocycles. The van der Waals surface area contributed by atoms with Crippen LogP contribution >= 0.6 is 0 Å². The average molecular weight is 286 g/mol. The number of ether oxygens (including phenoxy) is 1. The van der Waals surface area contributed by atoms with Gasteiger partial charge in [-0.25, -0.2) is 9.55 Å². The van der Waals surface area contributed by atoms with Crippen molar-refractivity contribution in [1.29, 1.82) is 0 Å². The fourth-order valence-corrected chi connectivity index (χ4v) is 2.79. The van der Waals surface area contributed by atoms with Gasteiger partial charge >= 0.3 is 11.5 Å². The number of nitrogens with zero attached hydrogens (tertiary/aromatic N) is 3. The Morgan fingerprint density at radius 3 is 2.43 bits per heavy atom. The van der Waals surface area contributed by atoms with Gasteiger partial charge in [0.05, 0.1) is 19.9 Å². The Labute approximate surface area is 126 Å². The van der Waals surface area contributed by atoms with Gasteiger partial charge in [-0.15, -0.1) is 0 Å². The predicted octanol–water partition coefficient (Wildman–Crippen LogP) is 3.40. The summed E-state index contributed by atoms with van der Waals surface area (Å²) in [7, 11) is 3.68. The van der Waals surface area contributed by atoms with E-state index in [4.69, 9.17) is 9.72 Å². The molecular formula is C17H24N3O+. The van der Waals surface area contributed by atoms with Crippen molar-refractivity contribution >= 4 is 16.7 Å². The lowest BCUT2D eigenvalue weighted by molar-refractivity contribution is -0.649. The maximum Gasteiger partial charge on any atom is 0.353 e. The number of aryl methyl sites for hydroxylation is 1. The van der Waals surface area contributed by atoms with E-state index < -0.39 is 0 Å². The number of rotatable bonds is 1. The van der Waals surface area contributed by atoms with Crippen molar-refractivity contribution < 1.29 is 9.30 Å². The second-order valence-electron chi connectivity index (χ2n) is 5.13. The monoisotopic (exact) mass is 286 g/mol. The van der Waals surface area contributed by atoms with Gasteiger partial charge in [0.25, 0.3) is 0 Å². The first-order valence-electron chi connectivity index (χ1n) is 7.47. The minimum Gasteiger partial charge on any atom is -0.463 e. The van der Waals surface area contributed by atoms with E-state index in [1.54, 1.807) is 7.11 Å². The third-order valence-corrected chi connectivity index (χ3v) is 4.18. The van der Waals surface area contributed by atoms with Crippen molar-refractivity contribution in [1.82, 2.24) is 9.97 Å². The number of fused-ring (bicyclic) bond motifs is 2. The van der Waals surface area contributed by atoms with Crippen LogP contribution in [0.15, 0.2) is 17.7 Å². The SMILES string of the molecule is CC.COc1ccc2nc3c([n+](C)c2n1)C(C)=C(C)C3C. The number of aromatic nitrogens is 3. The van der Waals surface area contributed by atoms with Crippen LogP contribution in [0, 0.1) is 0 Å². The molecule has 2 heterocycles. The fourth-order valence-electron chi connectivity index (χ4n) is 2.79. The van der Waals surface area contributed by atoms with E-state index >= 15 is 0 Å². The Morgan fingerprint density at radius 2 is 1.81 bits per heavy atom. The van der Waals surface area contributed by atoms with E-state index in [0.717, 1.165) is 16.9 Å². The van der Waals surface area contributed by atoms with Gasteiger partial charge in [-0.1, -0.05) is 26.3 Å². The lowest BCUT2D eigenvalue weighted by Gasteiger charge is -2.07.